The lowest BCUT2D eigenvalue weighted by Crippen LogP contribution is -2.24. The van der Waals surface area contributed by atoms with Crippen LogP contribution in [0.1, 0.15) is 39.8 Å². The normalized spacial score (nSPS) is 12.3. The molecule has 19 heavy (non-hydrogen) atoms. The van der Waals surface area contributed by atoms with E-state index in [0.29, 0.717) is 24.0 Å². The Kier molecular flexibility index (Phi) is 6.03. The summed E-state index contributed by atoms with van der Waals surface area (Å²) in [5.41, 5.74) is 0.994. The number of aromatic nitrogens is 1. The van der Waals surface area contributed by atoms with E-state index in [4.69, 9.17) is 0 Å². The number of nitrogens with one attached hydrogen (secondary N) is 2. The number of hydrogen-bond donors (Lipinski definition) is 2. The van der Waals surface area contributed by atoms with Crippen LogP contribution < -0.4 is 10.0 Å². The smallest absolute Gasteiger partial charge is 0.242 e. The Morgan fingerprint density at radius 2 is 2.00 bits per heavy atom. The average molecular weight is 287 g/mol. The van der Waals surface area contributed by atoms with Crippen molar-refractivity contribution in [3.8, 4) is 0 Å². The predicted molar refractivity (Wildman–Crippen MR) is 77.6 cm³/mol. The number of nitrogens with zero attached hydrogens (tertiary/aromatic N) is 1. The summed E-state index contributed by atoms with van der Waals surface area (Å²) in [7, 11) is -3.37. The van der Waals surface area contributed by atoms with Crippen LogP contribution in [0.3, 0.4) is 0 Å². The molecule has 0 saturated carbocycles. The summed E-state index contributed by atoms with van der Waals surface area (Å²) >= 11 is 0. The summed E-state index contributed by atoms with van der Waals surface area (Å²) < 4.78 is 28.7. The van der Waals surface area contributed by atoms with Gasteiger partial charge in [0.2, 0.25) is 10.0 Å². The summed E-state index contributed by atoms with van der Waals surface area (Å²) in [5.74, 6) is 0. The molecule has 6 heteroatoms. The molecule has 0 aromatic carbocycles. The SMILES string of the molecule is CCCNS(=O)(=O)c1cc(CNC(C)C)n(CC)c1. The Morgan fingerprint density at radius 3 is 2.53 bits per heavy atom. The largest absolute Gasteiger partial charge is 0.349 e. The van der Waals surface area contributed by atoms with Gasteiger partial charge >= 0.3 is 0 Å². The quantitative estimate of drug-likeness (QED) is 0.765. The molecule has 110 valence electrons. The van der Waals surface area contributed by atoms with Crippen LogP contribution in [0.25, 0.3) is 0 Å². The molecule has 0 fully saturated rings. The van der Waals surface area contributed by atoms with Crippen LogP contribution in [0.2, 0.25) is 0 Å². The minimum atomic E-state index is -3.37. The third-order valence-electron chi connectivity index (χ3n) is 2.85. The van der Waals surface area contributed by atoms with Gasteiger partial charge in [-0.15, -0.1) is 0 Å². The van der Waals surface area contributed by atoms with E-state index in [9.17, 15) is 8.42 Å². The molecular formula is C13H25N3O2S. The van der Waals surface area contributed by atoms with Crippen molar-refractivity contribution in [1.82, 2.24) is 14.6 Å². The van der Waals surface area contributed by atoms with Gasteiger partial charge in [0.05, 0.1) is 4.90 Å². The first-order valence-corrected chi connectivity index (χ1v) is 8.31. The van der Waals surface area contributed by atoms with Crippen LogP contribution in [-0.2, 0) is 23.1 Å². The lowest BCUT2D eigenvalue weighted by atomic mass is 10.3. The highest BCUT2D eigenvalue weighted by molar-refractivity contribution is 7.89. The molecule has 2 N–H and O–H groups in total. The maximum absolute atomic E-state index is 12.1. The maximum Gasteiger partial charge on any atom is 0.242 e. The molecule has 1 rings (SSSR count). The monoisotopic (exact) mass is 287 g/mol. The van der Waals surface area contributed by atoms with Crippen molar-refractivity contribution >= 4 is 10.0 Å². The van der Waals surface area contributed by atoms with E-state index in [1.54, 1.807) is 12.3 Å². The van der Waals surface area contributed by atoms with Crippen molar-refractivity contribution in [2.24, 2.45) is 0 Å². The lowest BCUT2D eigenvalue weighted by molar-refractivity contribution is 0.561. The third kappa shape index (κ3) is 4.63. The molecule has 0 aliphatic heterocycles. The topological polar surface area (TPSA) is 63.1 Å². The fraction of sp³-hybridized carbons (Fsp3) is 0.692. The van der Waals surface area contributed by atoms with Crippen molar-refractivity contribution < 1.29 is 8.42 Å². The lowest BCUT2D eigenvalue weighted by Gasteiger charge is -2.09. The van der Waals surface area contributed by atoms with Crippen molar-refractivity contribution in [2.75, 3.05) is 6.54 Å². The van der Waals surface area contributed by atoms with Crippen LogP contribution in [0.15, 0.2) is 17.2 Å². The molecule has 1 aromatic heterocycles. The van der Waals surface area contributed by atoms with Crippen LogP contribution in [-0.4, -0.2) is 25.6 Å². The Labute approximate surface area is 116 Å². The van der Waals surface area contributed by atoms with E-state index < -0.39 is 10.0 Å². The molecule has 0 aliphatic carbocycles. The fourth-order valence-corrected chi connectivity index (χ4v) is 2.94. The number of rotatable bonds is 8. The highest BCUT2D eigenvalue weighted by atomic mass is 32.2. The highest BCUT2D eigenvalue weighted by Crippen LogP contribution is 2.14. The first kappa shape index (κ1) is 16.2. The number of aryl methyl sites for hydroxylation is 1. The molecule has 0 spiro atoms. The Morgan fingerprint density at radius 1 is 1.32 bits per heavy atom. The second-order valence-corrected chi connectivity index (χ2v) is 6.65. The van der Waals surface area contributed by atoms with E-state index in [1.807, 2.05) is 18.4 Å². The zero-order valence-corrected chi connectivity index (χ0v) is 13.0. The zero-order valence-electron chi connectivity index (χ0n) is 12.2. The van der Waals surface area contributed by atoms with Crippen molar-refractivity contribution in [1.29, 1.82) is 0 Å². The van der Waals surface area contributed by atoms with E-state index in [0.717, 1.165) is 18.7 Å². The molecule has 0 saturated heterocycles. The van der Waals surface area contributed by atoms with E-state index in [2.05, 4.69) is 23.9 Å². The molecule has 0 aliphatic rings. The fourth-order valence-electron chi connectivity index (χ4n) is 1.74. The van der Waals surface area contributed by atoms with E-state index in [-0.39, 0.29) is 0 Å². The molecule has 5 nitrogen and oxygen atoms in total. The van der Waals surface area contributed by atoms with Gasteiger partial charge in [-0.1, -0.05) is 20.8 Å². The van der Waals surface area contributed by atoms with Gasteiger partial charge in [-0.2, -0.15) is 0 Å². The van der Waals surface area contributed by atoms with Crippen molar-refractivity contribution in [3.63, 3.8) is 0 Å². The van der Waals surface area contributed by atoms with Gasteiger partial charge in [-0.3, -0.25) is 0 Å². The van der Waals surface area contributed by atoms with Crippen LogP contribution >= 0.6 is 0 Å². The van der Waals surface area contributed by atoms with Gasteiger partial charge in [0, 0.05) is 37.6 Å². The second-order valence-electron chi connectivity index (χ2n) is 4.89. The molecule has 0 amide bonds. The summed E-state index contributed by atoms with van der Waals surface area (Å²) in [4.78, 5) is 0.350. The van der Waals surface area contributed by atoms with Gasteiger partial charge in [0.1, 0.15) is 0 Å². The van der Waals surface area contributed by atoms with Gasteiger partial charge in [-0.05, 0) is 19.4 Å². The summed E-state index contributed by atoms with van der Waals surface area (Å²) in [5, 5.41) is 3.31. The van der Waals surface area contributed by atoms with E-state index >= 15 is 0 Å². The summed E-state index contributed by atoms with van der Waals surface area (Å²) in [6.07, 6.45) is 2.49. The molecule has 0 unspecified atom stereocenters. The van der Waals surface area contributed by atoms with Gasteiger partial charge < -0.3 is 9.88 Å². The molecule has 1 aromatic rings. The molecule has 0 bridgehead atoms. The first-order chi connectivity index (χ1) is 8.90. The highest BCUT2D eigenvalue weighted by Gasteiger charge is 2.17. The maximum atomic E-state index is 12.1. The van der Waals surface area contributed by atoms with Gasteiger partial charge in [-0.25, -0.2) is 13.1 Å². The number of hydrogen-bond acceptors (Lipinski definition) is 3. The Bertz CT molecular complexity index is 492. The van der Waals surface area contributed by atoms with Gasteiger partial charge in [0.25, 0.3) is 0 Å². The minimum Gasteiger partial charge on any atom is -0.349 e. The van der Waals surface area contributed by atoms with Crippen molar-refractivity contribution in [3.05, 3.63) is 18.0 Å². The predicted octanol–water partition coefficient (Wildman–Crippen LogP) is 1.69. The molecule has 0 radical (unpaired) electrons. The standard InChI is InChI=1S/C13H25N3O2S/c1-5-7-15-19(17,18)13-8-12(9-14-11(3)4)16(6-2)10-13/h8,10-11,14-15H,5-7,9H2,1-4H3. The zero-order chi connectivity index (χ0) is 14.5. The average Bonchev–Trinajstić information content (AvgIpc) is 2.78. The number of sulfonamides is 1. The van der Waals surface area contributed by atoms with Gasteiger partial charge in [0.15, 0.2) is 0 Å². The molecular weight excluding hydrogens is 262 g/mol. The van der Waals surface area contributed by atoms with Crippen LogP contribution in [0, 0.1) is 0 Å². The Hall–Kier alpha value is -0.850. The van der Waals surface area contributed by atoms with Crippen LogP contribution in [0.4, 0.5) is 0 Å². The first-order valence-electron chi connectivity index (χ1n) is 6.82. The van der Waals surface area contributed by atoms with Crippen molar-refractivity contribution in [2.45, 2.75) is 58.1 Å². The van der Waals surface area contributed by atoms with E-state index in [1.165, 1.54) is 0 Å². The molecule has 0 atom stereocenters. The summed E-state index contributed by atoms with van der Waals surface area (Å²) in [6, 6.07) is 2.12. The third-order valence-corrected chi connectivity index (χ3v) is 4.27. The van der Waals surface area contributed by atoms with Crippen LogP contribution in [0.5, 0.6) is 0 Å². The Balaban J connectivity index is 2.92. The second kappa shape index (κ2) is 7.07. The summed E-state index contributed by atoms with van der Waals surface area (Å²) in [6.45, 7) is 10.00. The molecule has 1 heterocycles. The minimum absolute atomic E-state index is 0.350.